The number of nitrogens with one attached hydrogen (secondary N) is 1. The third-order valence-electron chi connectivity index (χ3n) is 5.03. The van der Waals surface area contributed by atoms with Crippen molar-refractivity contribution in [2.75, 3.05) is 0 Å². The first-order valence-corrected chi connectivity index (χ1v) is 9.87. The molecule has 0 spiro atoms. The monoisotopic (exact) mass is 439 g/mol. The van der Waals surface area contributed by atoms with Crippen molar-refractivity contribution < 1.29 is 22.7 Å². The number of amides is 1. The molecule has 0 aliphatic carbocycles. The molecule has 0 aliphatic heterocycles. The highest BCUT2D eigenvalue weighted by atomic mass is 19.4. The van der Waals surface area contributed by atoms with Crippen LogP contribution in [-0.4, -0.2) is 15.5 Å². The number of aryl methyl sites for hydroxylation is 1. The quantitative estimate of drug-likeness (QED) is 0.423. The first kappa shape index (κ1) is 21.4. The summed E-state index contributed by atoms with van der Waals surface area (Å²) in [5, 5.41) is 4.43. The molecule has 3 aromatic carbocycles. The van der Waals surface area contributed by atoms with Crippen molar-refractivity contribution in [2.45, 2.75) is 19.1 Å². The second kappa shape index (κ2) is 8.37. The molecule has 4 aromatic rings. The van der Waals surface area contributed by atoms with Crippen LogP contribution in [0, 0.1) is 0 Å². The average Bonchev–Trinajstić information content (AvgIpc) is 3.20. The Kier molecular flexibility index (Phi) is 5.61. The minimum absolute atomic E-state index is 0.237. The van der Waals surface area contributed by atoms with E-state index in [0.29, 0.717) is 11.3 Å². The van der Waals surface area contributed by atoms with Gasteiger partial charge in [0, 0.05) is 24.2 Å². The zero-order valence-corrected chi connectivity index (χ0v) is 17.4. The molecule has 0 saturated heterocycles. The van der Waals surface area contributed by atoms with Crippen molar-refractivity contribution in [1.82, 2.24) is 14.9 Å². The Hall–Kier alpha value is -3.81. The van der Waals surface area contributed by atoms with Gasteiger partial charge in [0.05, 0.1) is 23.6 Å². The van der Waals surface area contributed by atoms with Crippen LogP contribution in [0.1, 0.15) is 34.6 Å². The molecule has 164 valence electrons. The largest absolute Gasteiger partial charge is 0.457 e. The molecule has 5 nitrogen and oxygen atoms in total. The number of rotatable bonds is 5. The Morgan fingerprint density at radius 1 is 1.09 bits per heavy atom. The fourth-order valence-corrected chi connectivity index (χ4v) is 3.33. The molecule has 1 atom stereocenters. The van der Waals surface area contributed by atoms with E-state index < -0.39 is 11.7 Å². The van der Waals surface area contributed by atoms with E-state index in [-0.39, 0.29) is 17.7 Å². The summed E-state index contributed by atoms with van der Waals surface area (Å²) in [6.45, 7) is 1.86. The maximum atomic E-state index is 12.8. The molecule has 0 fully saturated rings. The van der Waals surface area contributed by atoms with Gasteiger partial charge in [-0.3, -0.25) is 4.79 Å². The summed E-state index contributed by atoms with van der Waals surface area (Å²) in [4.78, 5) is 17.0. The number of hydrogen-bond donors (Lipinski definition) is 1. The molecule has 1 N–H and O–H groups in total. The lowest BCUT2D eigenvalue weighted by molar-refractivity contribution is -0.137. The third kappa shape index (κ3) is 4.59. The van der Waals surface area contributed by atoms with Crippen molar-refractivity contribution in [3.63, 3.8) is 0 Å². The van der Waals surface area contributed by atoms with Crippen LogP contribution in [0.15, 0.2) is 73.2 Å². The van der Waals surface area contributed by atoms with E-state index in [1.54, 1.807) is 36.7 Å². The minimum Gasteiger partial charge on any atom is -0.457 e. The van der Waals surface area contributed by atoms with Crippen molar-refractivity contribution >= 4 is 16.7 Å². The summed E-state index contributed by atoms with van der Waals surface area (Å²) in [6, 6.07) is 14.8. The Morgan fingerprint density at radius 3 is 2.50 bits per heavy atom. The van der Waals surface area contributed by atoms with Gasteiger partial charge >= 0.3 is 6.18 Å². The number of hydrogen-bond acceptors (Lipinski definition) is 3. The molecular weight excluding hydrogens is 419 g/mol. The van der Waals surface area contributed by atoms with Gasteiger partial charge in [-0.15, -0.1) is 0 Å². The highest BCUT2D eigenvalue weighted by Gasteiger charge is 2.30. The topological polar surface area (TPSA) is 56.1 Å². The number of benzene rings is 3. The number of aromatic nitrogens is 2. The molecule has 0 aliphatic rings. The number of carbonyl (C=O) groups excluding carboxylic acids is 1. The standard InChI is InChI=1S/C24H20F3N3O2/c1-15(21-13-30(2)14-28-21)29-23(31)17-6-11-20-16(12-17)4-3-5-22(20)32-19-9-7-18(8-10-19)24(25,26)27/h3-15H,1-2H3,(H,29,31)/t15-/m0/s1. The summed E-state index contributed by atoms with van der Waals surface area (Å²) >= 11 is 0. The number of alkyl halides is 3. The molecular formula is C24H20F3N3O2. The second-order valence-electron chi connectivity index (χ2n) is 7.48. The number of ether oxygens (including phenoxy) is 1. The van der Waals surface area contributed by atoms with Crippen LogP contribution in [0.5, 0.6) is 11.5 Å². The zero-order valence-electron chi connectivity index (χ0n) is 17.4. The highest BCUT2D eigenvalue weighted by Crippen LogP contribution is 2.33. The number of imidazole rings is 1. The van der Waals surface area contributed by atoms with Crippen LogP contribution < -0.4 is 10.1 Å². The van der Waals surface area contributed by atoms with E-state index in [0.717, 1.165) is 28.6 Å². The van der Waals surface area contributed by atoms with E-state index in [1.807, 2.05) is 30.8 Å². The van der Waals surface area contributed by atoms with Gasteiger partial charge in [0.1, 0.15) is 11.5 Å². The predicted octanol–water partition coefficient (Wildman–Crippen LogP) is 5.88. The number of nitrogens with zero attached hydrogens (tertiary/aromatic N) is 2. The predicted molar refractivity (Wildman–Crippen MR) is 115 cm³/mol. The molecule has 0 unspecified atom stereocenters. The van der Waals surface area contributed by atoms with Crippen molar-refractivity contribution in [3.05, 3.63) is 90.0 Å². The first-order valence-electron chi connectivity index (χ1n) is 9.87. The Balaban J connectivity index is 1.54. The Morgan fingerprint density at radius 2 is 1.84 bits per heavy atom. The first-order chi connectivity index (χ1) is 15.2. The molecule has 0 bridgehead atoms. The average molecular weight is 439 g/mol. The lowest BCUT2D eigenvalue weighted by Gasteiger charge is -2.13. The van der Waals surface area contributed by atoms with E-state index in [4.69, 9.17) is 4.74 Å². The van der Waals surface area contributed by atoms with Gasteiger partial charge in [-0.25, -0.2) is 4.98 Å². The normalized spacial score (nSPS) is 12.5. The summed E-state index contributed by atoms with van der Waals surface area (Å²) in [5.41, 5.74) is 0.499. The number of fused-ring (bicyclic) bond motifs is 1. The molecule has 8 heteroatoms. The van der Waals surface area contributed by atoms with Crippen molar-refractivity contribution in [1.29, 1.82) is 0 Å². The lowest BCUT2D eigenvalue weighted by Crippen LogP contribution is -2.26. The summed E-state index contributed by atoms with van der Waals surface area (Å²) in [6.07, 6.45) is -0.884. The van der Waals surface area contributed by atoms with Gasteiger partial charge < -0.3 is 14.6 Å². The minimum atomic E-state index is -4.40. The van der Waals surface area contributed by atoms with E-state index in [2.05, 4.69) is 10.3 Å². The second-order valence-corrected chi connectivity index (χ2v) is 7.48. The molecule has 0 saturated carbocycles. The van der Waals surface area contributed by atoms with E-state index >= 15 is 0 Å². The van der Waals surface area contributed by atoms with Gasteiger partial charge in [0.25, 0.3) is 5.91 Å². The Labute approximate surface area is 182 Å². The molecule has 0 radical (unpaired) electrons. The maximum Gasteiger partial charge on any atom is 0.416 e. The SMILES string of the molecule is C[C@H](NC(=O)c1ccc2c(Oc3ccc(C(F)(F)F)cc3)cccc2c1)c1cn(C)cn1. The van der Waals surface area contributed by atoms with Crippen LogP contribution in [0.3, 0.4) is 0 Å². The van der Waals surface area contributed by atoms with Crippen LogP contribution in [-0.2, 0) is 13.2 Å². The molecule has 1 aromatic heterocycles. The maximum absolute atomic E-state index is 12.8. The van der Waals surface area contributed by atoms with Crippen molar-refractivity contribution in [3.8, 4) is 11.5 Å². The summed E-state index contributed by atoms with van der Waals surface area (Å²) < 4.78 is 45.9. The number of carbonyl (C=O) groups is 1. The van der Waals surface area contributed by atoms with Gasteiger partial charge in [-0.1, -0.05) is 12.1 Å². The van der Waals surface area contributed by atoms with Gasteiger partial charge in [-0.05, 0) is 60.8 Å². The third-order valence-corrected chi connectivity index (χ3v) is 5.03. The smallest absolute Gasteiger partial charge is 0.416 e. The van der Waals surface area contributed by atoms with Crippen molar-refractivity contribution in [2.24, 2.45) is 7.05 Å². The summed E-state index contributed by atoms with van der Waals surface area (Å²) in [5.74, 6) is 0.534. The van der Waals surface area contributed by atoms with Gasteiger partial charge in [0.2, 0.25) is 0 Å². The fourth-order valence-electron chi connectivity index (χ4n) is 3.33. The molecule has 1 amide bonds. The molecule has 1 heterocycles. The van der Waals surface area contributed by atoms with E-state index in [1.165, 1.54) is 12.1 Å². The fraction of sp³-hybridized carbons (Fsp3) is 0.167. The zero-order chi connectivity index (χ0) is 22.9. The highest BCUT2D eigenvalue weighted by molar-refractivity contribution is 6.00. The van der Waals surface area contributed by atoms with Crippen LogP contribution in [0.25, 0.3) is 10.8 Å². The Bertz CT molecular complexity index is 1260. The molecule has 4 rings (SSSR count). The van der Waals surface area contributed by atoms with Gasteiger partial charge in [-0.2, -0.15) is 13.2 Å². The summed E-state index contributed by atoms with van der Waals surface area (Å²) in [7, 11) is 1.86. The van der Waals surface area contributed by atoms with Crippen LogP contribution in [0.2, 0.25) is 0 Å². The van der Waals surface area contributed by atoms with Crippen LogP contribution in [0.4, 0.5) is 13.2 Å². The number of halogens is 3. The van der Waals surface area contributed by atoms with Crippen LogP contribution >= 0.6 is 0 Å². The van der Waals surface area contributed by atoms with Gasteiger partial charge in [0.15, 0.2) is 0 Å². The molecule has 32 heavy (non-hydrogen) atoms. The lowest BCUT2D eigenvalue weighted by atomic mass is 10.1. The van der Waals surface area contributed by atoms with E-state index in [9.17, 15) is 18.0 Å².